The summed E-state index contributed by atoms with van der Waals surface area (Å²) in [5, 5.41) is 6.89. The van der Waals surface area contributed by atoms with E-state index in [0.29, 0.717) is 11.6 Å². The van der Waals surface area contributed by atoms with Gasteiger partial charge in [-0.15, -0.1) is 0 Å². The quantitative estimate of drug-likeness (QED) is 0.543. The zero-order chi connectivity index (χ0) is 19.9. The van der Waals surface area contributed by atoms with Crippen LogP contribution in [0.2, 0.25) is 5.02 Å². The Bertz CT molecular complexity index is 1130. The number of hydrogen-bond acceptors (Lipinski definition) is 7. The lowest BCUT2D eigenvalue weighted by atomic mass is 10.2. The van der Waals surface area contributed by atoms with Crippen molar-refractivity contribution in [1.29, 1.82) is 0 Å². The maximum atomic E-state index is 12.9. The van der Waals surface area contributed by atoms with Gasteiger partial charge in [0.1, 0.15) is 18.2 Å². The number of benzene rings is 1. The Morgan fingerprint density at radius 1 is 1.21 bits per heavy atom. The standard InChI is InChI=1S/C16H11ClF3N7O/c1-8(14-23-7-24-27(14)12-2-3-21-6-22-12)25-15-26-11-5-9(16(18,19)20)4-10(17)13(11)28-15/h2-8H,1H3,(H,25,26)/t8-/m0/s1. The van der Waals surface area contributed by atoms with Crippen LogP contribution < -0.4 is 5.32 Å². The first-order valence-corrected chi connectivity index (χ1v) is 8.31. The Balaban J connectivity index is 1.64. The zero-order valence-electron chi connectivity index (χ0n) is 14.1. The van der Waals surface area contributed by atoms with Crippen LogP contribution in [0.1, 0.15) is 24.4 Å². The summed E-state index contributed by atoms with van der Waals surface area (Å²) in [5.41, 5.74) is -0.852. The van der Waals surface area contributed by atoms with Crippen LogP contribution >= 0.6 is 11.6 Å². The molecule has 0 amide bonds. The summed E-state index contributed by atoms with van der Waals surface area (Å²) in [6.07, 6.45) is -0.243. The second-order valence-corrected chi connectivity index (χ2v) is 6.19. The monoisotopic (exact) mass is 409 g/mol. The number of alkyl halides is 3. The fourth-order valence-electron chi connectivity index (χ4n) is 2.60. The lowest BCUT2D eigenvalue weighted by Crippen LogP contribution is -2.14. The fraction of sp³-hybridized carbons (Fsp3) is 0.188. The third-order valence-corrected chi connectivity index (χ3v) is 4.14. The smallest absolute Gasteiger partial charge is 0.416 e. The van der Waals surface area contributed by atoms with Crippen molar-refractivity contribution in [3.8, 4) is 5.82 Å². The molecule has 0 bridgehead atoms. The zero-order valence-corrected chi connectivity index (χ0v) is 14.9. The highest BCUT2D eigenvalue weighted by atomic mass is 35.5. The van der Waals surface area contributed by atoms with Gasteiger partial charge in [0.15, 0.2) is 17.2 Å². The molecule has 1 N–H and O–H groups in total. The summed E-state index contributed by atoms with van der Waals surface area (Å²) in [6.45, 7) is 1.76. The van der Waals surface area contributed by atoms with Crippen molar-refractivity contribution in [3.05, 3.63) is 53.5 Å². The van der Waals surface area contributed by atoms with Crippen molar-refractivity contribution in [1.82, 2.24) is 29.7 Å². The molecule has 12 heteroatoms. The van der Waals surface area contributed by atoms with Crippen LogP contribution in [-0.2, 0) is 6.18 Å². The number of aromatic nitrogens is 6. The molecule has 0 unspecified atom stereocenters. The van der Waals surface area contributed by atoms with Crippen molar-refractivity contribution < 1.29 is 17.6 Å². The molecular weight excluding hydrogens is 399 g/mol. The van der Waals surface area contributed by atoms with Gasteiger partial charge in [-0.3, -0.25) is 0 Å². The molecule has 1 atom stereocenters. The number of nitrogens with one attached hydrogen (secondary N) is 1. The van der Waals surface area contributed by atoms with Crippen LogP contribution in [0.15, 0.2) is 41.5 Å². The van der Waals surface area contributed by atoms with E-state index in [2.05, 4.69) is 30.4 Å². The van der Waals surface area contributed by atoms with Crippen molar-refractivity contribution >= 4 is 28.7 Å². The van der Waals surface area contributed by atoms with Crippen LogP contribution in [0.4, 0.5) is 19.2 Å². The molecule has 0 aliphatic carbocycles. The molecule has 0 fully saturated rings. The molecule has 0 radical (unpaired) electrons. The normalized spacial score (nSPS) is 13.0. The van der Waals surface area contributed by atoms with Gasteiger partial charge < -0.3 is 9.73 Å². The number of halogens is 4. The molecule has 1 aromatic carbocycles. The first kappa shape index (κ1) is 18.2. The molecule has 4 rings (SSSR count). The summed E-state index contributed by atoms with van der Waals surface area (Å²) in [7, 11) is 0. The van der Waals surface area contributed by atoms with E-state index >= 15 is 0 Å². The Morgan fingerprint density at radius 2 is 2.04 bits per heavy atom. The van der Waals surface area contributed by atoms with Gasteiger partial charge in [-0.1, -0.05) is 11.6 Å². The second-order valence-electron chi connectivity index (χ2n) is 5.79. The number of nitrogens with zero attached hydrogens (tertiary/aromatic N) is 6. The highest BCUT2D eigenvalue weighted by Crippen LogP contribution is 2.36. The highest BCUT2D eigenvalue weighted by molar-refractivity contribution is 6.34. The Kier molecular flexibility index (Phi) is 4.38. The minimum absolute atomic E-state index is 0.000891. The summed E-state index contributed by atoms with van der Waals surface area (Å²) in [6, 6.07) is 2.88. The molecule has 0 saturated carbocycles. The maximum absolute atomic E-state index is 12.9. The first-order chi connectivity index (χ1) is 13.3. The molecule has 0 saturated heterocycles. The Labute approximate surface area is 160 Å². The molecule has 3 aromatic heterocycles. The molecule has 28 heavy (non-hydrogen) atoms. The van der Waals surface area contributed by atoms with Gasteiger partial charge in [0.2, 0.25) is 0 Å². The predicted molar refractivity (Wildman–Crippen MR) is 93.0 cm³/mol. The number of hydrogen-bond donors (Lipinski definition) is 1. The van der Waals surface area contributed by atoms with E-state index in [4.69, 9.17) is 16.0 Å². The van der Waals surface area contributed by atoms with Crippen molar-refractivity contribution in [2.75, 3.05) is 5.32 Å². The highest BCUT2D eigenvalue weighted by Gasteiger charge is 2.32. The molecule has 0 spiro atoms. The van der Waals surface area contributed by atoms with E-state index < -0.39 is 17.8 Å². The van der Waals surface area contributed by atoms with E-state index in [1.807, 2.05) is 0 Å². The third-order valence-electron chi connectivity index (χ3n) is 3.86. The first-order valence-electron chi connectivity index (χ1n) is 7.93. The summed E-state index contributed by atoms with van der Waals surface area (Å²) < 4.78 is 45.8. The summed E-state index contributed by atoms with van der Waals surface area (Å²) in [4.78, 5) is 16.2. The van der Waals surface area contributed by atoms with Crippen LogP contribution in [0.3, 0.4) is 0 Å². The van der Waals surface area contributed by atoms with E-state index in [1.165, 1.54) is 17.3 Å². The number of anilines is 1. The van der Waals surface area contributed by atoms with E-state index in [-0.39, 0.29) is 22.1 Å². The lowest BCUT2D eigenvalue weighted by Gasteiger charge is -2.12. The minimum Gasteiger partial charge on any atom is -0.422 e. The molecule has 0 aliphatic heterocycles. The van der Waals surface area contributed by atoms with Crippen LogP contribution in [-0.4, -0.2) is 29.7 Å². The maximum Gasteiger partial charge on any atom is 0.416 e. The molecule has 4 aromatic rings. The van der Waals surface area contributed by atoms with Crippen LogP contribution in [0.5, 0.6) is 0 Å². The summed E-state index contributed by atoms with van der Waals surface area (Å²) in [5.74, 6) is 0.995. The average molecular weight is 410 g/mol. The summed E-state index contributed by atoms with van der Waals surface area (Å²) >= 11 is 5.92. The van der Waals surface area contributed by atoms with Crippen molar-refractivity contribution in [3.63, 3.8) is 0 Å². The van der Waals surface area contributed by atoms with Crippen molar-refractivity contribution in [2.45, 2.75) is 19.1 Å². The van der Waals surface area contributed by atoms with Gasteiger partial charge in [0.25, 0.3) is 6.01 Å². The van der Waals surface area contributed by atoms with Gasteiger partial charge in [-0.2, -0.15) is 27.9 Å². The Hall–Kier alpha value is -3.21. The van der Waals surface area contributed by atoms with Crippen LogP contribution in [0.25, 0.3) is 16.9 Å². The molecule has 3 heterocycles. The van der Waals surface area contributed by atoms with Crippen LogP contribution in [0, 0.1) is 0 Å². The lowest BCUT2D eigenvalue weighted by molar-refractivity contribution is -0.137. The van der Waals surface area contributed by atoms with Gasteiger partial charge in [-0.25, -0.2) is 15.0 Å². The predicted octanol–water partition coefficient (Wildman–Crippen LogP) is 4.04. The van der Waals surface area contributed by atoms with Gasteiger partial charge >= 0.3 is 6.18 Å². The molecule has 144 valence electrons. The van der Waals surface area contributed by atoms with Crippen molar-refractivity contribution in [2.24, 2.45) is 0 Å². The third kappa shape index (κ3) is 3.36. The van der Waals surface area contributed by atoms with Gasteiger partial charge in [0.05, 0.1) is 16.6 Å². The molecular formula is C16H11ClF3N7O. The SMILES string of the molecule is C[C@H](Nc1nc2cc(C(F)(F)F)cc(Cl)c2o1)c1ncnn1-c1ccncn1. The molecule has 0 aliphatic rings. The van der Waals surface area contributed by atoms with E-state index in [0.717, 1.165) is 12.1 Å². The number of fused-ring (bicyclic) bond motifs is 1. The van der Waals surface area contributed by atoms with E-state index in [1.54, 1.807) is 19.2 Å². The van der Waals surface area contributed by atoms with E-state index in [9.17, 15) is 13.2 Å². The average Bonchev–Trinajstić information content (AvgIpc) is 3.28. The fourth-order valence-corrected chi connectivity index (χ4v) is 2.85. The second kappa shape index (κ2) is 6.75. The topological polar surface area (TPSA) is 94.6 Å². The van der Waals surface area contributed by atoms with Gasteiger partial charge in [-0.05, 0) is 19.1 Å². The molecule has 8 nitrogen and oxygen atoms in total. The van der Waals surface area contributed by atoms with Gasteiger partial charge in [0, 0.05) is 12.3 Å². The number of oxazole rings is 1. The largest absolute Gasteiger partial charge is 0.422 e. The Morgan fingerprint density at radius 3 is 2.75 bits per heavy atom. The number of rotatable bonds is 4. The minimum atomic E-state index is -4.54.